The minimum Gasteiger partial charge on any atom is -0.355 e. The Balaban J connectivity index is 1.51. The van der Waals surface area contributed by atoms with E-state index in [1.165, 1.54) is 22.4 Å². The normalized spacial score (nSPS) is 19.1. The number of carbonyl (C=O) groups is 1. The van der Waals surface area contributed by atoms with Gasteiger partial charge in [0.25, 0.3) is 0 Å². The molecule has 0 unspecified atom stereocenters. The standard InChI is InChI=1S/C25H27F2N3O/c1-2-28-25(31)24-13-21(29-14-19-12-20(26)10-11-23(19)27)16-30(24)15-18-8-5-7-17-6-3-4-9-22(17)18/h3-12,21,24,29H,2,13-16H2,1H3,(H,28,31)/t21-,24+/m1/s1. The highest BCUT2D eigenvalue weighted by atomic mass is 19.1. The zero-order chi connectivity index (χ0) is 21.8. The van der Waals surface area contributed by atoms with Gasteiger partial charge >= 0.3 is 0 Å². The maximum absolute atomic E-state index is 14.0. The summed E-state index contributed by atoms with van der Waals surface area (Å²) in [6.07, 6.45) is 0.619. The summed E-state index contributed by atoms with van der Waals surface area (Å²) in [5.41, 5.74) is 1.46. The monoisotopic (exact) mass is 423 g/mol. The number of halogens is 2. The molecule has 1 amide bonds. The molecule has 3 aromatic carbocycles. The summed E-state index contributed by atoms with van der Waals surface area (Å²) in [5, 5.41) is 8.60. The highest BCUT2D eigenvalue weighted by molar-refractivity contribution is 5.86. The van der Waals surface area contributed by atoms with E-state index in [-0.39, 0.29) is 24.5 Å². The molecule has 0 aromatic heterocycles. The molecule has 0 radical (unpaired) electrons. The van der Waals surface area contributed by atoms with Crippen molar-refractivity contribution >= 4 is 16.7 Å². The van der Waals surface area contributed by atoms with Crippen LogP contribution in [-0.4, -0.2) is 36.0 Å². The maximum atomic E-state index is 14.0. The first-order valence-corrected chi connectivity index (χ1v) is 10.7. The van der Waals surface area contributed by atoms with E-state index in [4.69, 9.17) is 0 Å². The van der Waals surface area contributed by atoms with Gasteiger partial charge in [0.2, 0.25) is 5.91 Å². The number of likely N-dealkylation sites (tertiary alicyclic amines) is 1. The zero-order valence-electron chi connectivity index (χ0n) is 17.6. The molecule has 1 heterocycles. The SMILES string of the molecule is CCNC(=O)[C@@H]1C[C@@H](NCc2cc(F)ccc2F)CN1Cc1cccc2ccccc12. The summed E-state index contributed by atoms with van der Waals surface area (Å²) in [4.78, 5) is 14.9. The molecule has 162 valence electrons. The third kappa shape index (κ3) is 4.92. The van der Waals surface area contributed by atoms with Crippen LogP contribution in [0.3, 0.4) is 0 Å². The smallest absolute Gasteiger partial charge is 0.237 e. The summed E-state index contributed by atoms with van der Waals surface area (Å²) in [7, 11) is 0. The van der Waals surface area contributed by atoms with Crippen molar-refractivity contribution in [1.82, 2.24) is 15.5 Å². The minimum atomic E-state index is -0.456. The van der Waals surface area contributed by atoms with Crippen molar-refractivity contribution in [2.24, 2.45) is 0 Å². The van der Waals surface area contributed by atoms with Gasteiger partial charge in [0.05, 0.1) is 6.04 Å². The first-order valence-electron chi connectivity index (χ1n) is 10.7. The van der Waals surface area contributed by atoms with Crippen LogP contribution in [0, 0.1) is 11.6 Å². The molecule has 6 heteroatoms. The predicted molar refractivity (Wildman–Crippen MR) is 118 cm³/mol. The lowest BCUT2D eigenvalue weighted by Gasteiger charge is -2.24. The summed E-state index contributed by atoms with van der Waals surface area (Å²) >= 11 is 0. The van der Waals surface area contributed by atoms with E-state index in [9.17, 15) is 13.6 Å². The van der Waals surface area contributed by atoms with Crippen LogP contribution in [0.1, 0.15) is 24.5 Å². The number of carbonyl (C=O) groups excluding carboxylic acids is 1. The number of hydrogen-bond donors (Lipinski definition) is 2. The van der Waals surface area contributed by atoms with Gasteiger partial charge in [0, 0.05) is 37.8 Å². The number of rotatable bonds is 7. The third-order valence-electron chi connectivity index (χ3n) is 5.90. The number of likely N-dealkylation sites (N-methyl/N-ethyl adjacent to an activating group) is 1. The van der Waals surface area contributed by atoms with Crippen LogP contribution in [0.2, 0.25) is 0 Å². The van der Waals surface area contributed by atoms with Crippen LogP contribution in [0.4, 0.5) is 8.78 Å². The van der Waals surface area contributed by atoms with Gasteiger partial charge in [0.1, 0.15) is 11.6 Å². The van der Waals surface area contributed by atoms with Gasteiger partial charge in [-0.05, 0) is 47.9 Å². The first kappa shape index (κ1) is 21.4. The van der Waals surface area contributed by atoms with Crippen molar-refractivity contribution in [1.29, 1.82) is 0 Å². The lowest BCUT2D eigenvalue weighted by atomic mass is 10.0. The van der Waals surface area contributed by atoms with Crippen LogP contribution in [0.25, 0.3) is 10.8 Å². The molecule has 4 nitrogen and oxygen atoms in total. The van der Waals surface area contributed by atoms with E-state index in [0.717, 1.165) is 12.1 Å². The Morgan fingerprint density at radius 2 is 1.87 bits per heavy atom. The van der Waals surface area contributed by atoms with Crippen molar-refractivity contribution in [3.63, 3.8) is 0 Å². The molecular formula is C25H27F2N3O. The van der Waals surface area contributed by atoms with Crippen molar-refractivity contribution < 1.29 is 13.6 Å². The molecule has 4 rings (SSSR count). The van der Waals surface area contributed by atoms with Crippen LogP contribution >= 0.6 is 0 Å². The second-order valence-corrected chi connectivity index (χ2v) is 8.03. The third-order valence-corrected chi connectivity index (χ3v) is 5.90. The van der Waals surface area contributed by atoms with Gasteiger partial charge in [-0.2, -0.15) is 0 Å². The average molecular weight is 424 g/mol. The van der Waals surface area contributed by atoms with Crippen LogP contribution in [0.15, 0.2) is 60.7 Å². The molecule has 2 atom stereocenters. The van der Waals surface area contributed by atoms with E-state index in [1.54, 1.807) is 0 Å². The molecule has 1 aliphatic heterocycles. The molecule has 1 fully saturated rings. The second kappa shape index (κ2) is 9.54. The Kier molecular flexibility index (Phi) is 6.59. The van der Waals surface area contributed by atoms with Crippen molar-refractivity contribution in [2.45, 2.75) is 38.5 Å². The Bertz CT molecular complexity index is 1070. The Hall–Kier alpha value is -2.83. The first-order chi connectivity index (χ1) is 15.0. The molecule has 3 aromatic rings. The van der Waals surface area contributed by atoms with Crippen molar-refractivity contribution in [3.05, 3.63) is 83.4 Å². The van der Waals surface area contributed by atoms with Gasteiger partial charge in [0.15, 0.2) is 0 Å². The second-order valence-electron chi connectivity index (χ2n) is 8.03. The van der Waals surface area contributed by atoms with E-state index in [1.807, 2.05) is 25.1 Å². The van der Waals surface area contributed by atoms with E-state index < -0.39 is 11.6 Å². The quantitative estimate of drug-likeness (QED) is 0.604. The van der Waals surface area contributed by atoms with Gasteiger partial charge in [-0.3, -0.25) is 9.69 Å². The van der Waals surface area contributed by atoms with Gasteiger partial charge < -0.3 is 10.6 Å². The fourth-order valence-electron chi connectivity index (χ4n) is 4.37. The van der Waals surface area contributed by atoms with Gasteiger partial charge in [-0.15, -0.1) is 0 Å². The number of nitrogens with zero attached hydrogens (tertiary/aromatic N) is 1. The minimum absolute atomic E-state index is 0.00368. The molecule has 0 bridgehead atoms. The van der Waals surface area contributed by atoms with Crippen molar-refractivity contribution in [3.8, 4) is 0 Å². The summed E-state index contributed by atoms with van der Waals surface area (Å²) in [6, 6.07) is 17.7. The number of benzene rings is 3. The number of amides is 1. The average Bonchev–Trinajstić information content (AvgIpc) is 3.17. The summed E-state index contributed by atoms with van der Waals surface area (Å²) < 4.78 is 27.5. The molecule has 0 aliphatic carbocycles. The Labute approximate surface area is 181 Å². The highest BCUT2D eigenvalue weighted by Gasteiger charge is 2.36. The lowest BCUT2D eigenvalue weighted by Crippen LogP contribution is -2.42. The topological polar surface area (TPSA) is 44.4 Å². The largest absolute Gasteiger partial charge is 0.355 e. The molecule has 0 spiro atoms. The number of nitrogens with one attached hydrogen (secondary N) is 2. The molecule has 1 saturated heterocycles. The fraction of sp³-hybridized carbons (Fsp3) is 0.320. The molecular weight excluding hydrogens is 396 g/mol. The molecule has 31 heavy (non-hydrogen) atoms. The lowest BCUT2D eigenvalue weighted by molar-refractivity contribution is -0.125. The zero-order valence-corrected chi connectivity index (χ0v) is 17.6. The summed E-state index contributed by atoms with van der Waals surface area (Å²) in [5.74, 6) is -0.883. The van der Waals surface area contributed by atoms with Crippen molar-refractivity contribution in [2.75, 3.05) is 13.1 Å². The molecule has 2 N–H and O–H groups in total. The predicted octanol–water partition coefficient (Wildman–Crippen LogP) is 3.99. The Morgan fingerprint density at radius 1 is 1.06 bits per heavy atom. The Morgan fingerprint density at radius 3 is 2.71 bits per heavy atom. The van der Waals surface area contributed by atoms with E-state index >= 15 is 0 Å². The fourth-order valence-corrected chi connectivity index (χ4v) is 4.37. The number of hydrogen-bond acceptors (Lipinski definition) is 3. The van der Waals surface area contributed by atoms with E-state index in [2.05, 4.69) is 39.8 Å². The van der Waals surface area contributed by atoms with Gasteiger partial charge in [-0.1, -0.05) is 42.5 Å². The molecule has 0 saturated carbocycles. The van der Waals surface area contributed by atoms with Gasteiger partial charge in [-0.25, -0.2) is 8.78 Å². The highest BCUT2D eigenvalue weighted by Crippen LogP contribution is 2.25. The van der Waals surface area contributed by atoms with Crippen LogP contribution in [-0.2, 0) is 17.9 Å². The molecule has 1 aliphatic rings. The van der Waals surface area contributed by atoms with Crippen LogP contribution < -0.4 is 10.6 Å². The number of fused-ring (bicyclic) bond motifs is 1. The van der Waals surface area contributed by atoms with E-state index in [0.29, 0.717) is 31.6 Å². The maximum Gasteiger partial charge on any atom is 0.237 e. The van der Waals surface area contributed by atoms with Crippen LogP contribution in [0.5, 0.6) is 0 Å². The summed E-state index contributed by atoms with van der Waals surface area (Å²) in [6.45, 7) is 4.00.